The number of carboxylic acid groups (broad SMARTS) is 1. The van der Waals surface area contributed by atoms with E-state index in [2.05, 4.69) is 83.4 Å². The van der Waals surface area contributed by atoms with Crippen LogP contribution in [-0.2, 0) is 80.6 Å². The normalized spacial score (nSPS) is 13.5. The quantitative estimate of drug-likeness (QED) is 0.0142. The molecule has 0 unspecified atom stereocenters. The highest BCUT2D eigenvalue weighted by Crippen LogP contribution is 2.23. The zero-order valence-corrected chi connectivity index (χ0v) is 68.3. The van der Waals surface area contributed by atoms with Crippen LogP contribution in [0.2, 0.25) is 0 Å². The number of nitrogens with one attached hydrogen (secondary N) is 6. The molecule has 4 aromatic heterocycles. The SMILES string of the molecule is C#C.CC(C)c1nc(CN(C)C(=O)N[C@@H](CC(=O)N2CCN(C)CC2)C(=O)N[C@H](CC[C@H](Cc2ccccc2)NC(=O)OCc2cncs2)Cc2ccccc2)cs1.CC(C)c1nc(CN(C)C(=O)N[C@@H](CC(=O)O)C(=O)N[C@H](CC[C@H](Cc2ccccc2)NC(=O)OCc2cncs2)Cc2ccccc2)cs1.I. The fourth-order valence-electron chi connectivity index (χ4n) is 11.6. The maximum atomic E-state index is 14.3. The molecule has 8 aromatic rings. The molecule has 1 aliphatic heterocycles. The van der Waals surface area contributed by atoms with Crippen molar-refractivity contribution in [2.75, 3.05) is 47.3 Å². The number of carbonyl (C=O) groups is 8. The molecule has 1 saturated heterocycles. The van der Waals surface area contributed by atoms with Crippen molar-refractivity contribution in [3.63, 3.8) is 0 Å². The van der Waals surface area contributed by atoms with E-state index in [-0.39, 0.29) is 92.6 Å². The van der Waals surface area contributed by atoms with Crippen LogP contribution >= 0.6 is 69.3 Å². The molecule has 0 radical (unpaired) electrons. The fraction of sp³-hybridized carbons (Fsp3) is 0.418. The van der Waals surface area contributed by atoms with Crippen LogP contribution < -0.4 is 31.9 Å². The smallest absolute Gasteiger partial charge is 0.407 e. The van der Waals surface area contributed by atoms with Gasteiger partial charge in [0.15, 0.2) is 0 Å². The molecule has 9 amide bonds. The number of alkyl carbamates (subject to hydrolysis) is 2. The van der Waals surface area contributed by atoms with Crippen molar-refractivity contribution < 1.29 is 52.9 Å². The number of hydrogen-bond donors (Lipinski definition) is 7. The van der Waals surface area contributed by atoms with E-state index in [1.165, 1.54) is 43.8 Å². The number of ether oxygens (including phenoxy) is 2. The summed E-state index contributed by atoms with van der Waals surface area (Å²) in [6, 6.07) is 34.2. The zero-order valence-electron chi connectivity index (χ0n) is 62.7. The Labute approximate surface area is 672 Å². The Morgan fingerprint density at radius 3 is 1.15 bits per heavy atom. The topological polar surface area (TPSA) is 312 Å². The summed E-state index contributed by atoms with van der Waals surface area (Å²) in [6.07, 6.45) is 13.5. The van der Waals surface area contributed by atoms with E-state index < -0.39 is 66.6 Å². The van der Waals surface area contributed by atoms with Crippen molar-refractivity contribution in [1.82, 2.24) is 71.4 Å². The minimum absolute atomic E-state index is 0. The second-order valence-corrected chi connectivity index (χ2v) is 30.7. The number of urea groups is 2. The minimum atomic E-state index is -1.32. The molecule has 0 aliphatic carbocycles. The summed E-state index contributed by atoms with van der Waals surface area (Å²) in [5, 5.41) is 33.1. The van der Waals surface area contributed by atoms with Crippen molar-refractivity contribution in [2.45, 2.75) is 166 Å². The number of benzene rings is 4. The highest BCUT2D eigenvalue weighted by molar-refractivity contribution is 14.0. The predicted molar refractivity (Wildman–Crippen MR) is 438 cm³/mol. The molecule has 7 N–H and O–H groups in total. The van der Waals surface area contributed by atoms with Gasteiger partial charge in [-0.25, -0.2) is 29.1 Å². The molecule has 0 saturated carbocycles. The van der Waals surface area contributed by atoms with Crippen molar-refractivity contribution in [3.8, 4) is 12.8 Å². The number of carboxylic acids is 1. The Hall–Kier alpha value is -9.39. The van der Waals surface area contributed by atoms with Gasteiger partial charge in [-0.15, -0.1) is 82.2 Å². The van der Waals surface area contributed by atoms with E-state index in [0.29, 0.717) is 70.2 Å². The average molecular weight is 1680 g/mol. The first kappa shape index (κ1) is 88.5. The van der Waals surface area contributed by atoms with Crippen LogP contribution in [0.1, 0.15) is 131 Å². The van der Waals surface area contributed by atoms with Gasteiger partial charge in [0, 0.05) is 99.4 Å². The Balaban J connectivity index is 0.000000332. The lowest BCUT2D eigenvalue weighted by Crippen LogP contribution is -2.55. The van der Waals surface area contributed by atoms with Crippen LogP contribution in [0.25, 0.3) is 0 Å². The average Bonchev–Trinajstić information content (AvgIpc) is 1.05. The molecule has 6 atom stereocenters. The number of aliphatic carboxylic acids is 1. The Morgan fingerprint density at radius 2 is 0.835 bits per heavy atom. The summed E-state index contributed by atoms with van der Waals surface area (Å²) >= 11 is 5.88. The van der Waals surface area contributed by atoms with Gasteiger partial charge < -0.3 is 66.1 Å². The van der Waals surface area contributed by atoms with Gasteiger partial charge in [-0.2, -0.15) is 0 Å². The highest BCUT2D eigenvalue weighted by Gasteiger charge is 2.32. The number of nitrogens with zero attached hydrogens (tertiary/aromatic N) is 8. The van der Waals surface area contributed by atoms with Crippen molar-refractivity contribution in [3.05, 3.63) is 209 Å². The van der Waals surface area contributed by atoms with Crippen LogP contribution in [0.4, 0.5) is 19.2 Å². The molecule has 1 fully saturated rings. The van der Waals surface area contributed by atoms with Crippen LogP contribution in [0, 0.1) is 12.8 Å². The van der Waals surface area contributed by atoms with E-state index >= 15 is 0 Å². The fourth-order valence-corrected chi connectivity index (χ4v) is 14.3. The zero-order chi connectivity index (χ0) is 77.7. The van der Waals surface area contributed by atoms with E-state index in [1.54, 1.807) is 53.7 Å². The number of carbonyl (C=O) groups excluding carboxylic acids is 7. The van der Waals surface area contributed by atoms with Crippen molar-refractivity contribution in [2.24, 2.45) is 0 Å². The van der Waals surface area contributed by atoms with E-state index in [9.17, 15) is 43.5 Å². The first-order valence-corrected chi connectivity index (χ1v) is 39.4. The van der Waals surface area contributed by atoms with Gasteiger partial charge >= 0.3 is 30.2 Å². The van der Waals surface area contributed by atoms with Gasteiger partial charge in [-0.05, 0) is 80.7 Å². The second-order valence-electron chi connectivity index (χ2n) is 27.0. The third-order valence-electron chi connectivity index (χ3n) is 17.5. The lowest BCUT2D eigenvalue weighted by molar-refractivity contribution is -0.140. The molecular weight excluding hydrogens is 1580 g/mol. The van der Waals surface area contributed by atoms with E-state index in [4.69, 9.17) is 9.47 Å². The van der Waals surface area contributed by atoms with Gasteiger partial charge in [0.25, 0.3) is 0 Å². The van der Waals surface area contributed by atoms with Crippen LogP contribution in [0.3, 0.4) is 0 Å². The standard InChI is InChI=1S/C41H54N8O5S2.C36H44N6O6S2.C2H2.HI/c1-29(2)39-44-34(27-55-39)25-48(4)40(52)46-36(23-37(50)49-19-17-47(3)18-20-49)38(51)43-32(21-30-11-7-5-8-12-30)15-16-33(22-31-13-9-6-10-14-31)45-41(53)54-26-35-24-42-28-56-35;1-24(2)34-39-29(22-49-34)20-42(3)35(46)41-31(18-32(43)44)33(45)38-27(16-25-10-6-4-7-11-25)14-15-28(17-26-12-8-5-9-13-26)40-36(47)48-21-30-19-37-23-50-30;1-2;/h5-14,24,27-29,32-33,36H,15-23,25-26H2,1-4H3,(H,43,51)(H,45,53)(H,46,52);4-13,19,22-24,27-28,31H,14-18,20-21H2,1-3H3,(H,38,45)(H,40,47)(H,41,46)(H,43,44);1-2H;1H/t32-,33-,36+;27-,28-,31+;;/m11../s1. The Kier molecular flexibility index (Phi) is 38.6. The lowest BCUT2D eigenvalue weighted by atomic mass is 9.95. The van der Waals surface area contributed by atoms with E-state index in [0.717, 1.165) is 60.8 Å². The third-order valence-corrected chi connectivity index (χ3v) is 21.4. The number of amides is 9. The second kappa shape index (κ2) is 47.5. The molecule has 109 heavy (non-hydrogen) atoms. The summed E-state index contributed by atoms with van der Waals surface area (Å²) in [7, 11) is 5.24. The molecular formula is C79H101IN14O11S4. The molecule has 0 spiro atoms. The predicted octanol–water partition coefficient (Wildman–Crippen LogP) is 12.1. The number of likely N-dealkylation sites (N-methyl/N-ethyl adjacent to an activating group) is 1. The number of thiazole rings is 4. The van der Waals surface area contributed by atoms with E-state index in [1.807, 2.05) is 153 Å². The molecule has 9 rings (SSSR count). The summed E-state index contributed by atoms with van der Waals surface area (Å²) in [4.78, 5) is 132. The van der Waals surface area contributed by atoms with Gasteiger partial charge in [0.05, 0.1) is 68.1 Å². The Bertz CT molecular complexity index is 4040. The third kappa shape index (κ3) is 32.4. The largest absolute Gasteiger partial charge is 0.481 e. The lowest BCUT2D eigenvalue weighted by Gasteiger charge is -2.33. The molecule has 5 heterocycles. The van der Waals surface area contributed by atoms with Gasteiger partial charge in [0.2, 0.25) is 17.7 Å². The summed E-state index contributed by atoms with van der Waals surface area (Å²) < 4.78 is 11.0. The summed E-state index contributed by atoms with van der Waals surface area (Å²) in [6.45, 7) is 11.5. The molecule has 30 heteroatoms. The number of rotatable bonds is 36. The van der Waals surface area contributed by atoms with Crippen LogP contribution in [-0.4, -0.2) is 176 Å². The molecule has 25 nitrogen and oxygen atoms in total. The van der Waals surface area contributed by atoms with Gasteiger partial charge in [-0.1, -0.05) is 149 Å². The maximum absolute atomic E-state index is 14.3. The number of aromatic nitrogens is 4. The van der Waals surface area contributed by atoms with Gasteiger partial charge in [-0.3, -0.25) is 29.1 Å². The number of halogens is 1. The van der Waals surface area contributed by atoms with Crippen LogP contribution in [0.5, 0.6) is 0 Å². The van der Waals surface area contributed by atoms with Crippen molar-refractivity contribution in [1.29, 1.82) is 0 Å². The first-order valence-electron chi connectivity index (χ1n) is 35.9. The summed E-state index contributed by atoms with van der Waals surface area (Å²) in [5.74, 6) is -1.93. The molecule has 1 aliphatic rings. The monoisotopic (exact) mass is 1680 g/mol. The van der Waals surface area contributed by atoms with Crippen LogP contribution in [0.15, 0.2) is 156 Å². The maximum Gasteiger partial charge on any atom is 0.407 e. The highest BCUT2D eigenvalue weighted by atomic mass is 127. The minimum Gasteiger partial charge on any atom is -0.481 e. The molecule has 584 valence electrons. The summed E-state index contributed by atoms with van der Waals surface area (Å²) in [5.41, 5.74) is 8.91. The Morgan fingerprint density at radius 1 is 0.495 bits per heavy atom. The number of hydrogen-bond acceptors (Lipinski definition) is 19. The molecule has 0 bridgehead atoms. The first-order chi connectivity index (χ1) is 52.1. The van der Waals surface area contributed by atoms with Crippen molar-refractivity contribution >= 4 is 117 Å². The number of piperazine rings is 1. The molecule has 4 aromatic carbocycles. The number of terminal acetylenes is 1. The van der Waals surface area contributed by atoms with Gasteiger partial charge in [0.1, 0.15) is 25.3 Å².